The molecular weight excluding hydrogens is 196 g/mol. The first kappa shape index (κ1) is 13.7. The van der Waals surface area contributed by atoms with Gasteiger partial charge in [-0.15, -0.1) is 0 Å². The Hall–Kier alpha value is -0.330. The van der Waals surface area contributed by atoms with Crippen LogP contribution in [-0.4, -0.2) is 6.29 Å². The maximum atomic E-state index is 10.6. The predicted molar refractivity (Wildman–Crippen MR) is 69.5 cm³/mol. The SMILES string of the molecule is CCCCCCCC[C@H]1CC[C@H](C=O)CC1. The lowest BCUT2D eigenvalue weighted by molar-refractivity contribution is -0.112. The first-order chi connectivity index (χ1) is 7.86. The number of unbranched alkanes of at least 4 members (excludes halogenated alkanes) is 5. The molecule has 0 aromatic rings. The molecular formula is C15H28O. The van der Waals surface area contributed by atoms with E-state index in [1.54, 1.807) is 0 Å². The first-order valence-electron chi connectivity index (χ1n) is 7.32. The lowest BCUT2D eigenvalue weighted by atomic mass is 9.80. The highest BCUT2D eigenvalue weighted by Gasteiger charge is 2.19. The van der Waals surface area contributed by atoms with E-state index < -0.39 is 0 Å². The summed E-state index contributed by atoms with van der Waals surface area (Å²) < 4.78 is 0. The maximum Gasteiger partial charge on any atom is 0.123 e. The highest BCUT2D eigenvalue weighted by Crippen LogP contribution is 2.31. The van der Waals surface area contributed by atoms with Crippen molar-refractivity contribution in [2.45, 2.75) is 77.6 Å². The Balaban J connectivity index is 1.92. The van der Waals surface area contributed by atoms with Crippen LogP contribution in [-0.2, 0) is 4.79 Å². The van der Waals surface area contributed by atoms with Crippen molar-refractivity contribution in [3.63, 3.8) is 0 Å². The third-order valence-electron chi connectivity index (χ3n) is 4.05. The Bertz CT molecular complexity index is 168. The molecule has 0 radical (unpaired) electrons. The highest BCUT2D eigenvalue weighted by atomic mass is 16.1. The lowest BCUT2D eigenvalue weighted by Gasteiger charge is -2.25. The third-order valence-corrected chi connectivity index (χ3v) is 4.05. The summed E-state index contributed by atoms with van der Waals surface area (Å²) >= 11 is 0. The number of rotatable bonds is 8. The van der Waals surface area contributed by atoms with Gasteiger partial charge in [-0.25, -0.2) is 0 Å². The van der Waals surface area contributed by atoms with Gasteiger partial charge in [-0.2, -0.15) is 0 Å². The molecule has 1 aliphatic rings. The largest absolute Gasteiger partial charge is 0.303 e. The quantitative estimate of drug-likeness (QED) is 0.430. The Morgan fingerprint density at radius 2 is 1.56 bits per heavy atom. The van der Waals surface area contributed by atoms with Crippen molar-refractivity contribution in [3.8, 4) is 0 Å². The Morgan fingerprint density at radius 1 is 0.938 bits per heavy atom. The van der Waals surface area contributed by atoms with E-state index in [2.05, 4.69) is 6.92 Å². The second-order valence-corrected chi connectivity index (χ2v) is 5.47. The van der Waals surface area contributed by atoms with Crippen LogP contribution in [0.15, 0.2) is 0 Å². The summed E-state index contributed by atoms with van der Waals surface area (Å²) in [4.78, 5) is 10.6. The van der Waals surface area contributed by atoms with Crippen LogP contribution in [0.4, 0.5) is 0 Å². The van der Waals surface area contributed by atoms with Gasteiger partial charge in [0.2, 0.25) is 0 Å². The van der Waals surface area contributed by atoms with E-state index in [1.807, 2.05) is 0 Å². The summed E-state index contributed by atoms with van der Waals surface area (Å²) in [7, 11) is 0. The fraction of sp³-hybridized carbons (Fsp3) is 0.933. The summed E-state index contributed by atoms with van der Waals surface area (Å²) in [5, 5.41) is 0. The average molecular weight is 224 g/mol. The zero-order chi connectivity index (χ0) is 11.6. The molecule has 1 heteroatoms. The van der Waals surface area contributed by atoms with Gasteiger partial charge < -0.3 is 4.79 Å². The molecule has 0 saturated heterocycles. The molecule has 0 unspecified atom stereocenters. The summed E-state index contributed by atoms with van der Waals surface area (Å²) in [5.41, 5.74) is 0. The fourth-order valence-electron chi connectivity index (χ4n) is 2.83. The molecule has 1 rings (SSSR count). The molecule has 0 bridgehead atoms. The molecule has 0 N–H and O–H groups in total. The molecule has 0 spiro atoms. The highest BCUT2D eigenvalue weighted by molar-refractivity contribution is 5.53. The van der Waals surface area contributed by atoms with Gasteiger partial charge in [0.15, 0.2) is 0 Å². The molecule has 1 nitrogen and oxygen atoms in total. The Kier molecular flexibility index (Phi) is 7.54. The summed E-state index contributed by atoms with van der Waals surface area (Å²) in [6.45, 7) is 2.27. The summed E-state index contributed by atoms with van der Waals surface area (Å²) in [6.07, 6.45) is 15.9. The van der Waals surface area contributed by atoms with Crippen molar-refractivity contribution in [1.82, 2.24) is 0 Å². The van der Waals surface area contributed by atoms with Crippen LogP contribution in [0.5, 0.6) is 0 Å². The van der Waals surface area contributed by atoms with Crippen molar-refractivity contribution in [2.75, 3.05) is 0 Å². The number of carbonyl (C=O) groups excluding carboxylic acids is 1. The average Bonchev–Trinajstić information content (AvgIpc) is 2.34. The van der Waals surface area contributed by atoms with Crippen molar-refractivity contribution in [2.24, 2.45) is 11.8 Å². The Morgan fingerprint density at radius 3 is 2.19 bits per heavy atom. The molecule has 0 aromatic carbocycles. The summed E-state index contributed by atoms with van der Waals surface area (Å²) in [6, 6.07) is 0. The first-order valence-corrected chi connectivity index (χ1v) is 7.32. The number of aldehydes is 1. The normalized spacial score (nSPS) is 25.6. The van der Waals surface area contributed by atoms with E-state index >= 15 is 0 Å². The molecule has 1 fully saturated rings. The van der Waals surface area contributed by atoms with Crippen molar-refractivity contribution >= 4 is 6.29 Å². The van der Waals surface area contributed by atoms with E-state index in [9.17, 15) is 4.79 Å². The zero-order valence-electron chi connectivity index (χ0n) is 10.9. The second kappa shape index (κ2) is 8.78. The van der Waals surface area contributed by atoms with Crippen LogP contribution in [0.3, 0.4) is 0 Å². The van der Waals surface area contributed by atoms with E-state index in [0.717, 1.165) is 18.8 Å². The maximum absolute atomic E-state index is 10.6. The molecule has 0 aliphatic heterocycles. The van der Waals surface area contributed by atoms with Gasteiger partial charge in [-0.3, -0.25) is 0 Å². The number of hydrogen-bond donors (Lipinski definition) is 0. The minimum Gasteiger partial charge on any atom is -0.303 e. The fourth-order valence-corrected chi connectivity index (χ4v) is 2.83. The van der Waals surface area contributed by atoms with Gasteiger partial charge >= 0.3 is 0 Å². The van der Waals surface area contributed by atoms with Crippen molar-refractivity contribution in [1.29, 1.82) is 0 Å². The van der Waals surface area contributed by atoms with E-state index in [0.29, 0.717) is 5.92 Å². The lowest BCUT2D eigenvalue weighted by Crippen LogP contribution is -2.15. The molecule has 16 heavy (non-hydrogen) atoms. The topological polar surface area (TPSA) is 17.1 Å². The second-order valence-electron chi connectivity index (χ2n) is 5.47. The van der Waals surface area contributed by atoms with Crippen molar-refractivity contribution in [3.05, 3.63) is 0 Å². The molecule has 1 saturated carbocycles. The standard InChI is InChI=1S/C15H28O/c1-2-3-4-5-6-7-8-14-9-11-15(13-16)12-10-14/h13-15H,2-12H2,1H3/t14-,15-. The van der Waals surface area contributed by atoms with Gasteiger partial charge in [0.05, 0.1) is 0 Å². The molecule has 0 atom stereocenters. The van der Waals surface area contributed by atoms with Gasteiger partial charge in [0.25, 0.3) is 0 Å². The summed E-state index contributed by atoms with van der Waals surface area (Å²) in [5.74, 6) is 1.32. The van der Waals surface area contributed by atoms with Crippen molar-refractivity contribution < 1.29 is 4.79 Å². The van der Waals surface area contributed by atoms with Crippen LogP contribution >= 0.6 is 0 Å². The zero-order valence-corrected chi connectivity index (χ0v) is 10.9. The third kappa shape index (κ3) is 5.67. The minimum atomic E-state index is 0.390. The number of carbonyl (C=O) groups is 1. The van der Waals surface area contributed by atoms with Gasteiger partial charge in [-0.05, 0) is 31.6 Å². The Labute approximate surface area is 101 Å². The van der Waals surface area contributed by atoms with Gasteiger partial charge in [-0.1, -0.05) is 51.9 Å². The molecule has 94 valence electrons. The van der Waals surface area contributed by atoms with Crippen LogP contribution < -0.4 is 0 Å². The van der Waals surface area contributed by atoms with E-state index in [1.165, 1.54) is 64.1 Å². The van der Waals surface area contributed by atoms with Gasteiger partial charge in [0, 0.05) is 5.92 Å². The van der Waals surface area contributed by atoms with E-state index in [-0.39, 0.29) is 0 Å². The van der Waals surface area contributed by atoms with Gasteiger partial charge in [0.1, 0.15) is 6.29 Å². The predicted octanol–water partition coefficient (Wildman–Crippen LogP) is 4.74. The molecule has 0 amide bonds. The monoisotopic (exact) mass is 224 g/mol. The van der Waals surface area contributed by atoms with Crippen LogP contribution in [0.1, 0.15) is 77.6 Å². The minimum absolute atomic E-state index is 0.390. The van der Waals surface area contributed by atoms with Crippen LogP contribution in [0.25, 0.3) is 0 Å². The molecule has 0 heterocycles. The molecule has 0 aromatic heterocycles. The van der Waals surface area contributed by atoms with Crippen LogP contribution in [0.2, 0.25) is 0 Å². The van der Waals surface area contributed by atoms with Crippen LogP contribution in [0, 0.1) is 11.8 Å². The number of hydrogen-bond acceptors (Lipinski definition) is 1. The smallest absolute Gasteiger partial charge is 0.123 e. The molecule has 1 aliphatic carbocycles. The van der Waals surface area contributed by atoms with E-state index in [4.69, 9.17) is 0 Å².